The van der Waals surface area contributed by atoms with E-state index in [0.29, 0.717) is 0 Å². The monoisotopic (exact) mass is 141 g/mol. The van der Waals surface area contributed by atoms with Crippen molar-refractivity contribution in [3.8, 4) is 12.3 Å². The molecule has 0 aliphatic heterocycles. The van der Waals surface area contributed by atoms with Gasteiger partial charge in [0.05, 0.1) is 0 Å². The Bertz CT molecular complexity index is 192. The second-order valence-corrected chi connectivity index (χ2v) is 1.68. The number of hydrogen-bond donors (Lipinski definition) is 2. The molecule has 1 unspecified atom stereocenters. The molecule has 54 valence electrons. The lowest BCUT2D eigenvalue weighted by molar-refractivity contribution is -0.140. The van der Waals surface area contributed by atoms with Crippen LogP contribution in [0.3, 0.4) is 0 Å². The van der Waals surface area contributed by atoms with E-state index >= 15 is 0 Å². The molecule has 1 amide bonds. The van der Waals surface area contributed by atoms with Gasteiger partial charge in [0.1, 0.15) is 6.04 Å². The van der Waals surface area contributed by atoms with Crippen molar-refractivity contribution in [2.24, 2.45) is 0 Å². The summed E-state index contributed by atoms with van der Waals surface area (Å²) in [5.74, 6) is -0.0835. The van der Waals surface area contributed by atoms with E-state index in [2.05, 4.69) is 11.7 Å². The minimum atomic E-state index is -1.11. The number of carboxylic acid groups (broad SMARTS) is 1. The van der Waals surface area contributed by atoms with Gasteiger partial charge in [-0.1, -0.05) is 0 Å². The molecule has 1 atom stereocenters. The molecule has 4 nitrogen and oxygen atoms in total. The van der Waals surface area contributed by atoms with E-state index in [1.807, 2.05) is 0 Å². The van der Waals surface area contributed by atoms with Crippen LogP contribution in [0.4, 0.5) is 0 Å². The Morgan fingerprint density at radius 3 is 2.50 bits per heavy atom. The number of aliphatic carboxylic acids is 1. The number of carbonyl (C=O) groups is 2. The molecule has 0 saturated carbocycles. The molecule has 0 saturated heterocycles. The standard InChI is InChI=1S/C6H7NO3/c1-3-5(8)7-4(2)6(9)10/h1,4H,2H3,(H,7,8)(H,9,10). The van der Waals surface area contributed by atoms with E-state index in [4.69, 9.17) is 5.11 Å². The van der Waals surface area contributed by atoms with Gasteiger partial charge in [-0.15, -0.1) is 6.42 Å². The third-order valence-electron chi connectivity index (χ3n) is 0.849. The number of carboxylic acids is 1. The summed E-state index contributed by atoms with van der Waals surface area (Å²) in [6.07, 6.45) is 4.67. The van der Waals surface area contributed by atoms with Gasteiger partial charge in [0.25, 0.3) is 5.91 Å². The summed E-state index contributed by atoms with van der Waals surface area (Å²) in [6.45, 7) is 1.33. The largest absolute Gasteiger partial charge is 0.480 e. The molecule has 0 aliphatic carbocycles. The average Bonchev–Trinajstić information content (AvgIpc) is 1.87. The quantitative estimate of drug-likeness (QED) is 0.495. The average molecular weight is 141 g/mol. The highest BCUT2D eigenvalue weighted by molar-refractivity contribution is 5.95. The Hall–Kier alpha value is -1.50. The highest BCUT2D eigenvalue weighted by atomic mass is 16.4. The number of hydrogen-bond acceptors (Lipinski definition) is 2. The van der Waals surface area contributed by atoms with Gasteiger partial charge in [0, 0.05) is 0 Å². The Balaban J connectivity index is 3.82. The van der Waals surface area contributed by atoms with Gasteiger partial charge in [-0.3, -0.25) is 9.59 Å². The fourth-order valence-corrected chi connectivity index (χ4v) is 0.300. The second kappa shape index (κ2) is 3.51. The van der Waals surface area contributed by atoms with Gasteiger partial charge >= 0.3 is 5.97 Å². The first-order valence-electron chi connectivity index (χ1n) is 2.58. The van der Waals surface area contributed by atoms with Gasteiger partial charge in [0.15, 0.2) is 0 Å². The molecular weight excluding hydrogens is 134 g/mol. The SMILES string of the molecule is C#CC(=O)NC(C)C(=O)O. The van der Waals surface area contributed by atoms with Crippen LogP contribution in [0.25, 0.3) is 0 Å². The lowest BCUT2D eigenvalue weighted by atomic mass is 10.3. The Morgan fingerprint density at radius 2 is 2.20 bits per heavy atom. The minimum Gasteiger partial charge on any atom is -0.480 e. The predicted molar refractivity (Wildman–Crippen MR) is 34.1 cm³/mol. The molecule has 0 aromatic rings. The molecule has 0 aliphatic rings. The Labute approximate surface area is 58.2 Å². The third kappa shape index (κ3) is 2.72. The number of rotatable bonds is 2. The van der Waals surface area contributed by atoms with Crippen molar-refractivity contribution in [3.63, 3.8) is 0 Å². The molecule has 10 heavy (non-hydrogen) atoms. The van der Waals surface area contributed by atoms with Crippen molar-refractivity contribution < 1.29 is 14.7 Å². The smallest absolute Gasteiger partial charge is 0.325 e. The van der Waals surface area contributed by atoms with Crippen molar-refractivity contribution in [2.75, 3.05) is 0 Å². The van der Waals surface area contributed by atoms with Crippen molar-refractivity contribution in [2.45, 2.75) is 13.0 Å². The van der Waals surface area contributed by atoms with Crippen LogP contribution in [0.2, 0.25) is 0 Å². The lowest BCUT2D eigenvalue weighted by Gasteiger charge is -2.03. The molecule has 0 heterocycles. The van der Waals surface area contributed by atoms with E-state index in [1.165, 1.54) is 6.92 Å². The highest BCUT2D eigenvalue weighted by Crippen LogP contribution is 1.78. The number of nitrogens with one attached hydrogen (secondary N) is 1. The first-order valence-corrected chi connectivity index (χ1v) is 2.58. The van der Waals surface area contributed by atoms with E-state index in [9.17, 15) is 9.59 Å². The molecule has 0 bridgehead atoms. The fraction of sp³-hybridized carbons (Fsp3) is 0.333. The maximum atomic E-state index is 10.3. The minimum absolute atomic E-state index is 0.713. The van der Waals surface area contributed by atoms with E-state index < -0.39 is 17.9 Å². The molecule has 0 rings (SSSR count). The predicted octanol–water partition coefficient (Wildman–Crippen LogP) is -0.791. The number of amides is 1. The van der Waals surface area contributed by atoms with Gasteiger partial charge < -0.3 is 10.4 Å². The molecule has 0 radical (unpaired) electrons. The highest BCUT2D eigenvalue weighted by Gasteiger charge is 2.11. The molecular formula is C6H7NO3. The van der Waals surface area contributed by atoms with Gasteiger partial charge in [-0.05, 0) is 12.8 Å². The summed E-state index contributed by atoms with van der Waals surface area (Å²) in [5, 5.41) is 10.3. The fourth-order valence-electron chi connectivity index (χ4n) is 0.300. The summed E-state index contributed by atoms with van der Waals surface area (Å²) >= 11 is 0. The van der Waals surface area contributed by atoms with Crippen LogP contribution in [0.1, 0.15) is 6.92 Å². The zero-order valence-electron chi connectivity index (χ0n) is 5.42. The van der Waals surface area contributed by atoms with Crippen LogP contribution in [0.15, 0.2) is 0 Å². The zero-order chi connectivity index (χ0) is 8.15. The molecule has 0 spiro atoms. The van der Waals surface area contributed by atoms with Crippen molar-refractivity contribution in [1.29, 1.82) is 0 Å². The summed E-state index contributed by atoms with van der Waals surface area (Å²) in [7, 11) is 0. The van der Waals surface area contributed by atoms with E-state index in [-0.39, 0.29) is 0 Å². The number of terminal acetylenes is 1. The van der Waals surface area contributed by atoms with Crippen LogP contribution >= 0.6 is 0 Å². The molecule has 0 aromatic carbocycles. The summed E-state index contributed by atoms with van der Waals surface area (Å²) < 4.78 is 0. The maximum Gasteiger partial charge on any atom is 0.325 e. The van der Waals surface area contributed by atoms with E-state index in [0.717, 1.165) is 0 Å². The van der Waals surface area contributed by atoms with Crippen LogP contribution in [-0.4, -0.2) is 23.0 Å². The van der Waals surface area contributed by atoms with Crippen LogP contribution in [0.5, 0.6) is 0 Å². The van der Waals surface area contributed by atoms with Crippen molar-refractivity contribution in [1.82, 2.24) is 5.32 Å². The first-order chi connectivity index (χ1) is 4.57. The van der Waals surface area contributed by atoms with Crippen LogP contribution < -0.4 is 5.32 Å². The topological polar surface area (TPSA) is 66.4 Å². The van der Waals surface area contributed by atoms with Gasteiger partial charge in [-0.25, -0.2) is 0 Å². The first kappa shape index (κ1) is 8.50. The van der Waals surface area contributed by atoms with Gasteiger partial charge in [0.2, 0.25) is 0 Å². The summed E-state index contributed by atoms with van der Waals surface area (Å²) in [6, 6.07) is -0.927. The summed E-state index contributed by atoms with van der Waals surface area (Å²) in [5.41, 5.74) is 0. The van der Waals surface area contributed by atoms with E-state index in [1.54, 1.807) is 5.92 Å². The van der Waals surface area contributed by atoms with Crippen molar-refractivity contribution >= 4 is 11.9 Å². The maximum absolute atomic E-state index is 10.3. The molecule has 4 heteroatoms. The third-order valence-corrected chi connectivity index (χ3v) is 0.849. The zero-order valence-corrected chi connectivity index (χ0v) is 5.42. The molecule has 0 fully saturated rings. The lowest BCUT2D eigenvalue weighted by Crippen LogP contribution is -2.37. The summed E-state index contributed by atoms with van der Waals surface area (Å²) in [4.78, 5) is 20.4. The Morgan fingerprint density at radius 1 is 1.70 bits per heavy atom. The Kier molecular flexibility index (Phi) is 2.98. The molecule has 0 aromatic heterocycles. The normalized spacial score (nSPS) is 11.2. The van der Waals surface area contributed by atoms with Crippen molar-refractivity contribution in [3.05, 3.63) is 0 Å². The second-order valence-electron chi connectivity index (χ2n) is 1.68. The number of carbonyl (C=O) groups excluding carboxylic acids is 1. The molecule has 2 N–H and O–H groups in total. The van der Waals surface area contributed by atoms with Crippen LogP contribution in [0, 0.1) is 12.3 Å². The van der Waals surface area contributed by atoms with Gasteiger partial charge in [-0.2, -0.15) is 0 Å². The van der Waals surface area contributed by atoms with Crippen LogP contribution in [-0.2, 0) is 9.59 Å².